The Bertz CT molecular complexity index is 313. The Kier molecular flexibility index (Phi) is 5.66. The lowest BCUT2D eigenvalue weighted by molar-refractivity contribution is 0.0976. The molecule has 2 heterocycles. The van der Waals surface area contributed by atoms with Gasteiger partial charge in [0.25, 0.3) is 0 Å². The number of likely N-dealkylation sites (tertiary alicyclic amines) is 1. The molecular weight excluding hydrogens is 252 g/mol. The zero-order valence-electron chi connectivity index (χ0n) is 13.3. The number of hydrogen-bond acceptors (Lipinski definition) is 3. The fourth-order valence-corrected chi connectivity index (χ4v) is 3.07. The number of rotatable bonds is 3. The molecule has 2 fully saturated rings. The summed E-state index contributed by atoms with van der Waals surface area (Å²) in [6, 6.07) is 0.267. The minimum atomic E-state index is 0.267. The second-order valence-corrected chi connectivity index (χ2v) is 6.61. The number of piperidine rings is 1. The fourth-order valence-electron chi connectivity index (χ4n) is 3.07. The third kappa shape index (κ3) is 4.35. The van der Waals surface area contributed by atoms with Crippen molar-refractivity contribution in [3.05, 3.63) is 0 Å². The molecule has 0 aliphatic carbocycles. The first-order chi connectivity index (χ1) is 9.56. The summed E-state index contributed by atoms with van der Waals surface area (Å²) in [6.45, 7) is 10.1. The van der Waals surface area contributed by atoms with Crippen LogP contribution in [0, 0.1) is 5.92 Å². The van der Waals surface area contributed by atoms with E-state index in [0.29, 0.717) is 5.92 Å². The standard InChI is InChI=1S/C15H30N4O/c1-14-5-4-6-19(13-14)15(20)18-11-9-17(10-12-18)8-7-16(2)3/h14H,4-13H2,1-3H3. The van der Waals surface area contributed by atoms with Crippen molar-refractivity contribution >= 4 is 6.03 Å². The largest absolute Gasteiger partial charge is 0.324 e. The van der Waals surface area contributed by atoms with Gasteiger partial charge in [-0.3, -0.25) is 4.90 Å². The highest BCUT2D eigenvalue weighted by Crippen LogP contribution is 2.17. The van der Waals surface area contributed by atoms with Gasteiger partial charge in [-0.25, -0.2) is 4.79 Å². The molecular formula is C15H30N4O. The zero-order valence-corrected chi connectivity index (χ0v) is 13.3. The maximum absolute atomic E-state index is 12.5. The van der Waals surface area contributed by atoms with Crippen molar-refractivity contribution in [1.82, 2.24) is 19.6 Å². The summed E-state index contributed by atoms with van der Waals surface area (Å²) in [7, 11) is 4.22. The summed E-state index contributed by atoms with van der Waals surface area (Å²) in [4.78, 5) is 21.3. The molecule has 5 nitrogen and oxygen atoms in total. The van der Waals surface area contributed by atoms with E-state index in [9.17, 15) is 4.79 Å². The minimum Gasteiger partial charge on any atom is -0.324 e. The monoisotopic (exact) mass is 282 g/mol. The summed E-state index contributed by atoms with van der Waals surface area (Å²) < 4.78 is 0. The van der Waals surface area contributed by atoms with Crippen LogP contribution in [0.2, 0.25) is 0 Å². The number of carbonyl (C=O) groups is 1. The van der Waals surface area contributed by atoms with Crippen LogP contribution in [0.3, 0.4) is 0 Å². The van der Waals surface area contributed by atoms with Gasteiger partial charge in [0.1, 0.15) is 0 Å². The van der Waals surface area contributed by atoms with Crippen LogP contribution in [0.4, 0.5) is 4.79 Å². The van der Waals surface area contributed by atoms with E-state index in [0.717, 1.165) is 58.8 Å². The normalized spacial score (nSPS) is 25.3. The smallest absolute Gasteiger partial charge is 0.320 e. The van der Waals surface area contributed by atoms with Crippen LogP contribution >= 0.6 is 0 Å². The maximum Gasteiger partial charge on any atom is 0.320 e. The van der Waals surface area contributed by atoms with Crippen molar-refractivity contribution in [1.29, 1.82) is 0 Å². The van der Waals surface area contributed by atoms with E-state index in [4.69, 9.17) is 0 Å². The topological polar surface area (TPSA) is 30.0 Å². The average molecular weight is 282 g/mol. The van der Waals surface area contributed by atoms with E-state index >= 15 is 0 Å². The molecule has 2 rings (SSSR count). The van der Waals surface area contributed by atoms with E-state index in [1.54, 1.807) is 0 Å². The van der Waals surface area contributed by atoms with E-state index in [1.165, 1.54) is 6.42 Å². The lowest BCUT2D eigenvalue weighted by Gasteiger charge is -2.39. The van der Waals surface area contributed by atoms with Gasteiger partial charge in [-0.15, -0.1) is 0 Å². The van der Waals surface area contributed by atoms with Crippen LogP contribution in [-0.4, -0.2) is 92.1 Å². The molecule has 1 atom stereocenters. The Hall–Kier alpha value is -0.810. The Morgan fingerprint density at radius 1 is 1.10 bits per heavy atom. The first kappa shape index (κ1) is 15.6. The molecule has 0 aromatic carbocycles. The summed E-state index contributed by atoms with van der Waals surface area (Å²) >= 11 is 0. The van der Waals surface area contributed by atoms with Crippen molar-refractivity contribution in [2.45, 2.75) is 19.8 Å². The number of carbonyl (C=O) groups excluding carboxylic acids is 1. The number of amides is 2. The average Bonchev–Trinajstić information content (AvgIpc) is 2.45. The third-order valence-electron chi connectivity index (χ3n) is 4.43. The highest BCUT2D eigenvalue weighted by Gasteiger charge is 2.27. The molecule has 0 spiro atoms. The van der Waals surface area contributed by atoms with Gasteiger partial charge in [0.05, 0.1) is 0 Å². The number of nitrogens with zero attached hydrogens (tertiary/aromatic N) is 4. The molecule has 1 unspecified atom stereocenters. The van der Waals surface area contributed by atoms with Gasteiger partial charge in [0.15, 0.2) is 0 Å². The van der Waals surface area contributed by atoms with Crippen LogP contribution < -0.4 is 0 Å². The van der Waals surface area contributed by atoms with Crippen LogP contribution in [0.15, 0.2) is 0 Å². The molecule has 20 heavy (non-hydrogen) atoms. The van der Waals surface area contributed by atoms with Gasteiger partial charge in [-0.05, 0) is 32.9 Å². The minimum absolute atomic E-state index is 0.267. The highest BCUT2D eigenvalue weighted by molar-refractivity contribution is 5.74. The van der Waals surface area contributed by atoms with Crippen molar-refractivity contribution in [2.75, 3.05) is 66.5 Å². The van der Waals surface area contributed by atoms with Crippen molar-refractivity contribution < 1.29 is 4.79 Å². The lowest BCUT2D eigenvalue weighted by atomic mass is 10.0. The number of urea groups is 1. The molecule has 0 radical (unpaired) electrons. The van der Waals surface area contributed by atoms with Gasteiger partial charge >= 0.3 is 6.03 Å². The van der Waals surface area contributed by atoms with Gasteiger partial charge in [0.2, 0.25) is 0 Å². The Labute approximate surface area is 123 Å². The van der Waals surface area contributed by atoms with Gasteiger partial charge in [-0.2, -0.15) is 0 Å². The maximum atomic E-state index is 12.5. The SMILES string of the molecule is CC1CCCN(C(=O)N2CCN(CCN(C)C)CC2)C1. The molecule has 0 aromatic heterocycles. The molecule has 0 bridgehead atoms. The van der Waals surface area contributed by atoms with Crippen LogP contribution in [0.1, 0.15) is 19.8 Å². The Morgan fingerprint density at radius 3 is 2.40 bits per heavy atom. The summed E-state index contributed by atoms with van der Waals surface area (Å²) in [5.41, 5.74) is 0. The molecule has 116 valence electrons. The Morgan fingerprint density at radius 2 is 1.80 bits per heavy atom. The quantitative estimate of drug-likeness (QED) is 0.774. The molecule has 2 amide bonds. The zero-order chi connectivity index (χ0) is 14.5. The molecule has 2 aliphatic rings. The summed E-state index contributed by atoms with van der Waals surface area (Å²) in [5, 5.41) is 0. The molecule has 5 heteroatoms. The van der Waals surface area contributed by atoms with Crippen molar-refractivity contribution in [2.24, 2.45) is 5.92 Å². The fraction of sp³-hybridized carbons (Fsp3) is 0.933. The van der Waals surface area contributed by atoms with Crippen LogP contribution in [0.25, 0.3) is 0 Å². The van der Waals surface area contributed by atoms with Crippen molar-refractivity contribution in [3.8, 4) is 0 Å². The third-order valence-corrected chi connectivity index (χ3v) is 4.43. The highest BCUT2D eigenvalue weighted by atomic mass is 16.2. The van der Waals surface area contributed by atoms with Crippen LogP contribution in [-0.2, 0) is 0 Å². The number of piperazine rings is 1. The predicted molar refractivity (Wildman–Crippen MR) is 81.9 cm³/mol. The number of likely N-dealkylation sites (N-methyl/N-ethyl adjacent to an activating group) is 1. The van der Waals surface area contributed by atoms with E-state index in [-0.39, 0.29) is 6.03 Å². The second kappa shape index (κ2) is 7.27. The predicted octanol–water partition coefficient (Wildman–Crippen LogP) is 1.02. The molecule has 2 aliphatic heterocycles. The van der Waals surface area contributed by atoms with E-state index in [2.05, 4.69) is 35.7 Å². The summed E-state index contributed by atoms with van der Waals surface area (Å²) in [5.74, 6) is 0.661. The number of hydrogen-bond donors (Lipinski definition) is 0. The van der Waals surface area contributed by atoms with Gasteiger partial charge < -0.3 is 14.7 Å². The van der Waals surface area contributed by atoms with E-state index < -0.39 is 0 Å². The first-order valence-electron chi connectivity index (χ1n) is 7.97. The molecule has 2 saturated heterocycles. The van der Waals surface area contributed by atoms with E-state index in [1.807, 2.05) is 4.90 Å². The molecule has 0 N–H and O–H groups in total. The van der Waals surface area contributed by atoms with Crippen molar-refractivity contribution in [3.63, 3.8) is 0 Å². The second-order valence-electron chi connectivity index (χ2n) is 6.61. The first-order valence-corrected chi connectivity index (χ1v) is 7.97. The van der Waals surface area contributed by atoms with Gasteiger partial charge in [-0.1, -0.05) is 6.92 Å². The Balaban J connectivity index is 1.74. The lowest BCUT2D eigenvalue weighted by Crippen LogP contribution is -2.54. The van der Waals surface area contributed by atoms with Crippen LogP contribution in [0.5, 0.6) is 0 Å². The van der Waals surface area contributed by atoms with Gasteiger partial charge in [0, 0.05) is 52.4 Å². The molecule has 0 aromatic rings. The summed E-state index contributed by atoms with van der Waals surface area (Å²) in [6.07, 6.45) is 2.43. The molecule has 0 saturated carbocycles.